The molecule has 2 N–H and O–H groups in total. The summed E-state index contributed by atoms with van der Waals surface area (Å²) >= 11 is 6.45. The van der Waals surface area contributed by atoms with Gasteiger partial charge in [0.05, 0.1) is 27.4 Å². The molecule has 0 aliphatic rings. The first-order chi connectivity index (χ1) is 17.4. The van der Waals surface area contributed by atoms with Crippen LogP contribution in [0.1, 0.15) is 27.3 Å². The van der Waals surface area contributed by atoms with E-state index in [-0.39, 0.29) is 20.9 Å². The number of halogens is 1. The van der Waals surface area contributed by atoms with Crippen LogP contribution >= 0.6 is 11.6 Å². The minimum atomic E-state index is -4.01. The number of aromatic nitrogens is 2. The first kappa shape index (κ1) is 23.8. The van der Waals surface area contributed by atoms with Crippen molar-refractivity contribution in [1.82, 2.24) is 9.55 Å². The van der Waals surface area contributed by atoms with E-state index in [2.05, 4.69) is 0 Å². The zero-order valence-corrected chi connectivity index (χ0v) is 20.7. The average molecular weight is 516 g/mol. The van der Waals surface area contributed by atoms with E-state index in [4.69, 9.17) is 22.3 Å². The van der Waals surface area contributed by atoms with Crippen LogP contribution in [0.3, 0.4) is 0 Å². The molecule has 0 atom stereocenters. The summed E-state index contributed by atoms with van der Waals surface area (Å²) in [5, 5.41) is 0.600. The normalized spacial score (nSPS) is 11.6. The molecule has 8 heteroatoms. The highest BCUT2D eigenvalue weighted by Gasteiger charge is 2.28. The molecule has 0 fully saturated rings. The molecule has 0 saturated heterocycles. The van der Waals surface area contributed by atoms with E-state index in [9.17, 15) is 13.2 Å². The number of nitrogens with zero attached hydrogens (tertiary/aromatic N) is 2. The number of carbonyl (C=O) groups is 1. The maximum Gasteiger partial charge on any atom is 0.252 e. The van der Waals surface area contributed by atoms with E-state index in [0.29, 0.717) is 29.3 Å². The molecule has 0 radical (unpaired) electrons. The van der Waals surface area contributed by atoms with Gasteiger partial charge in [0.2, 0.25) is 9.84 Å². The van der Waals surface area contributed by atoms with Gasteiger partial charge >= 0.3 is 0 Å². The number of amides is 1. The van der Waals surface area contributed by atoms with Crippen molar-refractivity contribution >= 4 is 38.4 Å². The van der Waals surface area contributed by atoms with Gasteiger partial charge in [-0.3, -0.25) is 4.79 Å². The monoisotopic (exact) mass is 515 g/mol. The molecule has 36 heavy (non-hydrogen) atoms. The Hall–Kier alpha value is -3.94. The van der Waals surface area contributed by atoms with Crippen LogP contribution in [0.4, 0.5) is 0 Å². The van der Waals surface area contributed by atoms with Crippen molar-refractivity contribution in [2.45, 2.75) is 22.8 Å². The molecule has 6 nitrogen and oxygen atoms in total. The number of rotatable bonds is 7. The lowest BCUT2D eigenvalue weighted by Crippen LogP contribution is -2.17. The second-order valence-corrected chi connectivity index (χ2v) is 10.7. The summed E-state index contributed by atoms with van der Waals surface area (Å²) in [7, 11) is -4.01. The van der Waals surface area contributed by atoms with Gasteiger partial charge in [-0.25, -0.2) is 13.4 Å². The van der Waals surface area contributed by atoms with Crippen LogP contribution in [0.2, 0.25) is 5.02 Å². The molecule has 0 aliphatic heterocycles. The Morgan fingerprint density at radius 3 is 2.17 bits per heavy atom. The molecule has 5 rings (SSSR count). The lowest BCUT2D eigenvalue weighted by molar-refractivity contribution is 0.0998. The highest BCUT2D eigenvalue weighted by molar-refractivity contribution is 7.91. The Morgan fingerprint density at radius 1 is 0.861 bits per heavy atom. The van der Waals surface area contributed by atoms with E-state index < -0.39 is 15.7 Å². The highest BCUT2D eigenvalue weighted by Crippen LogP contribution is 2.32. The fraction of sp³-hybridized carbons (Fsp3) is 0.0714. The SMILES string of the molecule is NC(=O)c1c(S(=O)(=O)c2ccccc2)ccc2c1nc(Cc1ccccc1)n2Cc1ccccc1Cl. The second kappa shape index (κ2) is 9.60. The summed E-state index contributed by atoms with van der Waals surface area (Å²) < 4.78 is 28.9. The molecule has 1 aromatic heterocycles. The van der Waals surface area contributed by atoms with E-state index >= 15 is 0 Å². The van der Waals surface area contributed by atoms with E-state index in [1.54, 1.807) is 24.3 Å². The number of nitrogens with two attached hydrogens (primary N) is 1. The molecule has 0 unspecified atom stereocenters. The lowest BCUT2D eigenvalue weighted by atomic mass is 10.1. The molecule has 1 amide bonds. The number of hydrogen-bond acceptors (Lipinski definition) is 4. The second-order valence-electron chi connectivity index (χ2n) is 8.36. The Balaban J connectivity index is 1.75. The standard InChI is InChI=1S/C28H22ClN3O3S/c29-22-14-8-7-11-20(22)18-32-23-15-16-24(36(34,35)21-12-5-2-6-13-21)26(28(30)33)27(23)31-25(32)17-19-9-3-1-4-10-19/h1-16H,17-18H2,(H2,30,33). The van der Waals surface area contributed by atoms with E-state index in [0.717, 1.165) is 11.1 Å². The molecule has 0 bridgehead atoms. The van der Waals surface area contributed by atoms with Crippen molar-refractivity contribution in [3.8, 4) is 0 Å². The van der Waals surface area contributed by atoms with Gasteiger partial charge in [0, 0.05) is 11.4 Å². The topological polar surface area (TPSA) is 95.1 Å². The summed E-state index contributed by atoms with van der Waals surface area (Å²) in [6, 6.07) is 28.3. The number of hydrogen-bond donors (Lipinski definition) is 1. The zero-order chi connectivity index (χ0) is 25.3. The summed E-state index contributed by atoms with van der Waals surface area (Å²) in [6.07, 6.45) is 0.471. The molecule has 0 saturated carbocycles. The van der Waals surface area contributed by atoms with Crippen LogP contribution in [0.15, 0.2) is 107 Å². The van der Waals surface area contributed by atoms with E-state index in [1.807, 2.05) is 59.2 Å². The maximum atomic E-state index is 13.5. The third kappa shape index (κ3) is 4.39. The van der Waals surface area contributed by atoms with Crippen molar-refractivity contribution in [3.05, 3.63) is 125 Å². The Labute approximate surface area is 213 Å². The molecular formula is C28H22ClN3O3S. The van der Waals surface area contributed by atoms with Gasteiger partial charge < -0.3 is 10.3 Å². The van der Waals surface area contributed by atoms with Crippen LogP contribution in [0.5, 0.6) is 0 Å². The minimum Gasteiger partial charge on any atom is -0.365 e. The Morgan fingerprint density at radius 2 is 1.50 bits per heavy atom. The number of sulfone groups is 1. The fourth-order valence-electron chi connectivity index (χ4n) is 4.30. The predicted octanol–water partition coefficient (Wildman–Crippen LogP) is 5.26. The smallest absolute Gasteiger partial charge is 0.252 e. The van der Waals surface area contributed by atoms with Gasteiger partial charge in [-0.2, -0.15) is 0 Å². The Bertz CT molecular complexity index is 1680. The van der Waals surface area contributed by atoms with Gasteiger partial charge in [0.25, 0.3) is 5.91 Å². The number of fused-ring (bicyclic) bond motifs is 1. The highest BCUT2D eigenvalue weighted by atomic mass is 35.5. The summed E-state index contributed by atoms with van der Waals surface area (Å²) in [5.41, 5.74) is 8.38. The van der Waals surface area contributed by atoms with Gasteiger partial charge in [0.15, 0.2) is 0 Å². The molecular weight excluding hydrogens is 494 g/mol. The average Bonchev–Trinajstić information content (AvgIpc) is 3.22. The van der Waals surface area contributed by atoms with Gasteiger partial charge in [-0.05, 0) is 41.5 Å². The third-order valence-electron chi connectivity index (χ3n) is 6.04. The van der Waals surface area contributed by atoms with Crippen molar-refractivity contribution < 1.29 is 13.2 Å². The molecule has 1 heterocycles. The van der Waals surface area contributed by atoms with Crippen LogP contribution < -0.4 is 5.73 Å². The maximum absolute atomic E-state index is 13.5. The molecule has 180 valence electrons. The zero-order valence-electron chi connectivity index (χ0n) is 19.1. The number of carbonyl (C=O) groups excluding carboxylic acids is 1. The van der Waals surface area contributed by atoms with Crippen LogP contribution in [-0.4, -0.2) is 23.9 Å². The summed E-state index contributed by atoms with van der Waals surface area (Å²) in [4.78, 5) is 17.4. The molecule has 0 spiro atoms. The molecule has 4 aromatic carbocycles. The molecule has 0 aliphatic carbocycles. The van der Waals surface area contributed by atoms with Gasteiger partial charge in [-0.15, -0.1) is 0 Å². The van der Waals surface area contributed by atoms with Crippen molar-refractivity contribution in [3.63, 3.8) is 0 Å². The van der Waals surface area contributed by atoms with Crippen LogP contribution in [0, 0.1) is 0 Å². The number of primary amides is 1. The summed E-state index contributed by atoms with van der Waals surface area (Å²) in [5.74, 6) is -0.198. The fourth-order valence-corrected chi connectivity index (χ4v) is 5.97. The van der Waals surface area contributed by atoms with Crippen molar-refractivity contribution in [2.75, 3.05) is 0 Å². The first-order valence-corrected chi connectivity index (χ1v) is 13.1. The summed E-state index contributed by atoms with van der Waals surface area (Å²) in [6.45, 7) is 0.390. The lowest BCUT2D eigenvalue weighted by Gasteiger charge is -2.12. The number of benzene rings is 4. The predicted molar refractivity (Wildman–Crippen MR) is 140 cm³/mol. The van der Waals surface area contributed by atoms with Crippen molar-refractivity contribution in [1.29, 1.82) is 0 Å². The van der Waals surface area contributed by atoms with Crippen LogP contribution in [0.25, 0.3) is 11.0 Å². The van der Waals surface area contributed by atoms with Gasteiger partial charge in [-0.1, -0.05) is 78.3 Å². The quantitative estimate of drug-likeness (QED) is 0.320. The number of imidazole rings is 1. The first-order valence-electron chi connectivity index (χ1n) is 11.3. The largest absolute Gasteiger partial charge is 0.365 e. The minimum absolute atomic E-state index is 0.0758. The Kier molecular flexibility index (Phi) is 6.35. The van der Waals surface area contributed by atoms with Crippen LogP contribution in [-0.2, 0) is 22.8 Å². The molecule has 5 aromatic rings. The van der Waals surface area contributed by atoms with E-state index in [1.165, 1.54) is 18.2 Å². The van der Waals surface area contributed by atoms with Crippen molar-refractivity contribution in [2.24, 2.45) is 5.73 Å². The third-order valence-corrected chi connectivity index (χ3v) is 8.22. The van der Waals surface area contributed by atoms with Gasteiger partial charge in [0.1, 0.15) is 11.3 Å².